The molecule has 0 atom stereocenters. The summed E-state index contributed by atoms with van der Waals surface area (Å²) in [6, 6.07) is 0. The topological polar surface area (TPSA) is 92.4 Å². The highest BCUT2D eigenvalue weighted by molar-refractivity contribution is 5.95. The van der Waals surface area contributed by atoms with Crippen LogP contribution in [0.3, 0.4) is 0 Å². The first-order chi connectivity index (χ1) is 10.1. The van der Waals surface area contributed by atoms with E-state index >= 15 is 0 Å². The number of carbonyl (C=O) groups is 2. The number of carboxylic acid groups (broad SMARTS) is 1. The minimum absolute atomic E-state index is 0.177. The molecule has 0 spiro atoms. The second-order valence-corrected chi connectivity index (χ2v) is 6.22. The first-order valence-electron chi connectivity index (χ1n) is 7.58. The van der Waals surface area contributed by atoms with E-state index in [-0.39, 0.29) is 12.5 Å². The predicted molar refractivity (Wildman–Crippen MR) is 74.0 cm³/mol. The molecule has 6 nitrogen and oxygen atoms in total. The van der Waals surface area contributed by atoms with Gasteiger partial charge in [-0.2, -0.15) is 0 Å². The maximum atomic E-state index is 12.3. The van der Waals surface area contributed by atoms with Crippen molar-refractivity contribution in [1.82, 2.24) is 10.5 Å². The number of rotatable bonds is 5. The Labute approximate surface area is 122 Å². The lowest BCUT2D eigenvalue weighted by molar-refractivity contribution is -0.150. The summed E-state index contributed by atoms with van der Waals surface area (Å²) in [6.07, 6.45) is 7.56. The highest BCUT2D eigenvalue weighted by Crippen LogP contribution is 2.41. The fraction of sp³-hybridized carbons (Fsp3) is 0.667. The molecular weight excluding hydrogens is 272 g/mol. The maximum absolute atomic E-state index is 12.3. The van der Waals surface area contributed by atoms with Gasteiger partial charge in [0.15, 0.2) is 0 Å². The van der Waals surface area contributed by atoms with E-state index < -0.39 is 11.4 Å². The van der Waals surface area contributed by atoms with E-state index in [0.29, 0.717) is 30.0 Å². The number of nitrogens with one attached hydrogen (secondary N) is 1. The molecule has 1 amide bonds. The van der Waals surface area contributed by atoms with Crippen LogP contribution in [0.25, 0.3) is 0 Å². The van der Waals surface area contributed by atoms with Gasteiger partial charge in [0.25, 0.3) is 5.91 Å². The molecule has 0 saturated heterocycles. The molecular formula is C15H20N2O4. The summed E-state index contributed by atoms with van der Waals surface area (Å²) in [4.78, 5) is 23.8. The fourth-order valence-electron chi connectivity index (χ4n) is 3.11. The SMILES string of the molecule is O=C(NCC1(C(=O)O)CCCCC1)c1conc1C1CC1. The number of hydrogen-bond acceptors (Lipinski definition) is 4. The summed E-state index contributed by atoms with van der Waals surface area (Å²) in [5.41, 5.74) is 0.347. The van der Waals surface area contributed by atoms with Crippen molar-refractivity contribution >= 4 is 11.9 Å². The molecule has 3 rings (SSSR count). The molecule has 2 aliphatic rings. The van der Waals surface area contributed by atoms with Crippen LogP contribution < -0.4 is 5.32 Å². The van der Waals surface area contributed by atoms with E-state index in [4.69, 9.17) is 4.52 Å². The molecule has 6 heteroatoms. The third kappa shape index (κ3) is 2.80. The normalized spacial score (nSPS) is 21.0. The summed E-state index contributed by atoms with van der Waals surface area (Å²) >= 11 is 0. The van der Waals surface area contributed by atoms with Gasteiger partial charge >= 0.3 is 5.97 Å². The second-order valence-electron chi connectivity index (χ2n) is 6.22. The molecule has 0 aromatic carbocycles. The molecule has 2 saturated carbocycles. The quantitative estimate of drug-likeness (QED) is 0.868. The highest BCUT2D eigenvalue weighted by atomic mass is 16.5. The molecule has 114 valence electrons. The average molecular weight is 292 g/mol. The van der Waals surface area contributed by atoms with Crippen LogP contribution in [-0.4, -0.2) is 28.7 Å². The summed E-state index contributed by atoms with van der Waals surface area (Å²) < 4.78 is 4.91. The average Bonchev–Trinajstić information content (AvgIpc) is 3.22. The minimum Gasteiger partial charge on any atom is -0.481 e. The number of hydrogen-bond donors (Lipinski definition) is 2. The van der Waals surface area contributed by atoms with Crippen LogP contribution >= 0.6 is 0 Å². The minimum atomic E-state index is -0.815. The predicted octanol–water partition coefficient (Wildman–Crippen LogP) is 2.32. The molecule has 0 radical (unpaired) electrons. The Morgan fingerprint density at radius 3 is 2.67 bits per heavy atom. The van der Waals surface area contributed by atoms with Crippen molar-refractivity contribution < 1.29 is 19.2 Å². The monoisotopic (exact) mass is 292 g/mol. The number of aliphatic carboxylic acids is 1. The van der Waals surface area contributed by atoms with Gasteiger partial charge in [-0.3, -0.25) is 9.59 Å². The van der Waals surface area contributed by atoms with Crippen LogP contribution in [0.1, 0.15) is 66.9 Å². The standard InChI is InChI=1S/C15H20N2O4/c18-13(11-8-21-17-12(11)10-4-5-10)16-9-15(14(19)20)6-2-1-3-7-15/h8,10H,1-7,9H2,(H,16,18)(H,19,20). The molecule has 2 fully saturated rings. The largest absolute Gasteiger partial charge is 0.481 e. The Morgan fingerprint density at radius 2 is 2.05 bits per heavy atom. The van der Waals surface area contributed by atoms with Crippen LogP contribution in [0.15, 0.2) is 10.8 Å². The fourth-order valence-corrected chi connectivity index (χ4v) is 3.11. The van der Waals surface area contributed by atoms with Crippen molar-refractivity contribution in [2.45, 2.75) is 50.9 Å². The molecule has 1 heterocycles. The van der Waals surface area contributed by atoms with Crippen molar-refractivity contribution in [1.29, 1.82) is 0 Å². The molecule has 0 aliphatic heterocycles. The molecule has 1 aromatic rings. The van der Waals surface area contributed by atoms with Gasteiger partial charge in [-0.05, 0) is 25.7 Å². The van der Waals surface area contributed by atoms with Crippen molar-refractivity contribution in [2.75, 3.05) is 6.54 Å². The second kappa shape index (κ2) is 5.50. The maximum Gasteiger partial charge on any atom is 0.311 e. The van der Waals surface area contributed by atoms with Crippen LogP contribution in [0.4, 0.5) is 0 Å². The lowest BCUT2D eigenvalue weighted by atomic mass is 9.74. The van der Waals surface area contributed by atoms with Gasteiger partial charge in [-0.1, -0.05) is 24.4 Å². The van der Waals surface area contributed by atoms with Gasteiger partial charge in [0.1, 0.15) is 11.8 Å². The molecule has 0 unspecified atom stereocenters. The van der Waals surface area contributed by atoms with E-state index in [2.05, 4.69) is 10.5 Å². The van der Waals surface area contributed by atoms with E-state index in [1.807, 2.05) is 0 Å². The van der Waals surface area contributed by atoms with Crippen molar-refractivity contribution in [2.24, 2.45) is 5.41 Å². The van der Waals surface area contributed by atoms with E-state index in [0.717, 1.165) is 32.1 Å². The molecule has 0 bridgehead atoms. The number of carboxylic acids is 1. The number of nitrogens with zero attached hydrogens (tertiary/aromatic N) is 1. The van der Waals surface area contributed by atoms with Gasteiger partial charge in [-0.25, -0.2) is 0 Å². The Kier molecular flexibility index (Phi) is 3.69. The van der Waals surface area contributed by atoms with Crippen LogP contribution in [0.2, 0.25) is 0 Å². The van der Waals surface area contributed by atoms with Crippen molar-refractivity contribution in [3.8, 4) is 0 Å². The zero-order chi connectivity index (χ0) is 14.9. The number of aromatic nitrogens is 1. The van der Waals surface area contributed by atoms with Gasteiger partial charge in [-0.15, -0.1) is 0 Å². The number of amides is 1. The van der Waals surface area contributed by atoms with E-state index in [1.54, 1.807) is 0 Å². The van der Waals surface area contributed by atoms with Crippen LogP contribution in [0, 0.1) is 5.41 Å². The summed E-state index contributed by atoms with van der Waals surface area (Å²) in [5, 5.41) is 16.2. The van der Waals surface area contributed by atoms with Gasteiger partial charge < -0.3 is 14.9 Å². The summed E-state index contributed by atoms with van der Waals surface area (Å²) in [7, 11) is 0. The molecule has 2 N–H and O–H groups in total. The highest BCUT2D eigenvalue weighted by Gasteiger charge is 2.40. The third-order valence-electron chi connectivity index (χ3n) is 4.66. The Morgan fingerprint density at radius 1 is 1.33 bits per heavy atom. The van der Waals surface area contributed by atoms with E-state index in [1.165, 1.54) is 6.26 Å². The van der Waals surface area contributed by atoms with E-state index in [9.17, 15) is 14.7 Å². The Bertz CT molecular complexity index is 542. The zero-order valence-electron chi connectivity index (χ0n) is 11.9. The lowest BCUT2D eigenvalue weighted by Crippen LogP contribution is -2.44. The van der Waals surface area contributed by atoms with Crippen molar-refractivity contribution in [3.63, 3.8) is 0 Å². The Balaban J connectivity index is 1.66. The summed E-state index contributed by atoms with van der Waals surface area (Å²) in [6.45, 7) is 0.177. The lowest BCUT2D eigenvalue weighted by Gasteiger charge is -2.33. The van der Waals surface area contributed by atoms with Crippen molar-refractivity contribution in [3.05, 3.63) is 17.5 Å². The van der Waals surface area contributed by atoms with Gasteiger partial charge in [0, 0.05) is 12.5 Å². The molecule has 1 aromatic heterocycles. The van der Waals surface area contributed by atoms with Gasteiger partial charge in [0.05, 0.1) is 11.1 Å². The van der Waals surface area contributed by atoms with Gasteiger partial charge in [0.2, 0.25) is 0 Å². The first-order valence-corrected chi connectivity index (χ1v) is 7.58. The zero-order valence-corrected chi connectivity index (χ0v) is 11.9. The Hall–Kier alpha value is -1.85. The van der Waals surface area contributed by atoms with Crippen LogP contribution in [0.5, 0.6) is 0 Å². The number of carbonyl (C=O) groups excluding carboxylic acids is 1. The first kappa shape index (κ1) is 14.1. The molecule has 2 aliphatic carbocycles. The smallest absolute Gasteiger partial charge is 0.311 e. The molecule has 21 heavy (non-hydrogen) atoms. The summed E-state index contributed by atoms with van der Waals surface area (Å²) in [5.74, 6) is -0.757. The van der Waals surface area contributed by atoms with Crippen LogP contribution in [-0.2, 0) is 4.79 Å². The third-order valence-corrected chi connectivity index (χ3v) is 4.66.